The van der Waals surface area contributed by atoms with Crippen LogP contribution in [-0.2, 0) is 0 Å². The van der Waals surface area contributed by atoms with Crippen LogP contribution in [0.3, 0.4) is 0 Å². The van der Waals surface area contributed by atoms with Crippen LogP contribution in [0.25, 0.3) is 0 Å². The third-order valence-electron chi connectivity index (χ3n) is 1.85. The zero-order chi connectivity index (χ0) is 11.3. The molecule has 3 nitrogen and oxygen atoms in total. The molecule has 0 aliphatic rings. The number of nitrogens with two attached hydrogens (primary N) is 1. The van der Waals surface area contributed by atoms with E-state index in [2.05, 4.69) is 27.9 Å². The molecule has 16 heavy (non-hydrogen) atoms. The van der Waals surface area contributed by atoms with E-state index < -0.39 is 0 Å². The lowest BCUT2D eigenvalue weighted by atomic mass is 10.2. The van der Waals surface area contributed by atoms with Gasteiger partial charge in [0.1, 0.15) is 0 Å². The fraction of sp³-hybridized carbons (Fsp3) is 0.300. The van der Waals surface area contributed by atoms with Gasteiger partial charge in [-0.1, -0.05) is 11.6 Å². The van der Waals surface area contributed by atoms with Crippen LogP contribution in [-0.4, -0.2) is 19.0 Å². The summed E-state index contributed by atoms with van der Waals surface area (Å²) in [6.07, 6.45) is 0.782. The summed E-state index contributed by atoms with van der Waals surface area (Å²) in [5, 5.41) is 3.37. The lowest BCUT2D eigenvalue weighted by Gasteiger charge is -2.05. The van der Waals surface area contributed by atoms with Crippen LogP contribution in [0, 0.1) is 3.57 Å². The number of hydrogen-bond acceptors (Lipinski definition) is 2. The Kier molecular flexibility index (Phi) is 8.09. The highest BCUT2D eigenvalue weighted by Gasteiger charge is 2.06. The Bertz CT molecular complexity index is 361. The molecule has 0 radical (unpaired) electrons. The Labute approximate surface area is 120 Å². The summed E-state index contributed by atoms with van der Waals surface area (Å²) in [4.78, 5) is 11.6. The monoisotopic (exact) mass is 374 g/mol. The van der Waals surface area contributed by atoms with Crippen LogP contribution in [0.2, 0.25) is 5.02 Å². The van der Waals surface area contributed by atoms with Gasteiger partial charge in [-0.25, -0.2) is 0 Å². The second-order valence-corrected chi connectivity index (χ2v) is 4.60. The van der Waals surface area contributed by atoms with E-state index in [1.807, 2.05) is 6.07 Å². The zero-order valence-corrected chi connectivity index (χ0v) is 12.2. The second-order valence-electron chi connectivity index (χ2n) is 3.03. The van der Waals surface area contributed by atoms with E-state index >= 15 is 0 Å². The van der Waals surface area contributed by atoms with Gasteiger partial charge in [-0.15, -0.1) is 12.4 Å². The van der Waals surface area contributed by atoms with E-state index in [9.17, 15) is 4.79 Å². The number of carbonyl (C=O) groups is 1. The largest absolute Gasteiger partial charge is 0.352 e. The number of benzene rings is 1. The van der Waals surface area contributed by atoms with Crippen LogP contribution in [0.4, 0.5) is 0 Å². The SMILES string of the molecule is Cl.NCCCNC(=O)c1ccc(I)c(Cl)c1. The van der Waals surface area contributed by atoms with Crippen molar-refractivity contribution in [1.82, 2.24) is 5.32 Å². The Morgan fingerprint density at radius 1 is 1.50 bits per heavy atom. The van der Waals surface area contributed by atoms with E-state index in [4.69, 9.17) is 17.3 Å². The molecule has 0 fully saturated rings. The first-order chi connectivity index (χ1) is 7.15. The van der Waals surface area contributed by atoms with Crippen molar-refractivity contribution in [2.75, 3.05) is 13.1 Å². The first-order valence-electron chi connectivity index (χ1n) is 4.58. The van der Waals surface area contributed by atoms with Gasteiger partial charge in [-0.3, -0.25) is 4.79 Å². The summed E-state index contributed by atoms with van der Waals surface area (Å²) in [7, 11) is 0. The van der Waals surface area contributed by atoms with Gasteiger partial charge in [0.2, 0.25) is 0 Å². The van der Waals surface area contributed by atoms with E-state index in [1.165, 1.54) is 0 Å². The Morgan fingerprint density at radius 3 is 2.75 bits per heavy atom. The third-order valence-corrected chi connectivity index (χ3v) is 3.42. The fourth-order valence-corrected chi connectivity index (χ4v) is 1.56. The van der Waals surface area contributed by atoms with E-state index in [0.29, 0.717) is 23.7 Å². The maximum atomic E-state index is 11.6. The second kappa shape index (κ2) is 8.11. The molecular weight excluding hydrogens is 362 g/mol. The molecule has 0 aliphatic heterocycles. The molecule has 0 aromatic heterocycles. The number of hydrogen-bond donors (Lipinski definition) is 2. The molecule has 0 heterocycles. The molecule has 6 heteroatoms. The Hall–Kier alpha value is -0.0400. The maximum absolute atomic E-state index is 11.6. The molecule has 0 atom stereocenters. The van der Waals surface area contributed by atoms with E-state index in [1.54, 1.807) is 12.1 Å². The van der Waals surface area contributed by atoms with Crippen LogP contribution >= 0.6 is 46.6 Å². The molecule has 1 aromatic carbocycles. The highest BCUT2D eigenvalue weighted by atomic mass is 127. The van der Waals surface area contributed by atoms with Crippen LogP contribution in [0.15, 0.2) is 18.2 Å². The van der Waals surface area contributed by atoms with Gasteiger partial charge in [-0.2, -0.15) is 0 Å². The maximum Gasteiger partial charge on any atom is 0.251 e. The van der Waals surface area contributed by atoms with Crippen LogP contribution in [0.1, 0.15) is 16.8 Å². The summed E-state index contributed by atoms with van der Waals surface area (Å²) in [5.74, 6) is -0.109. The molecule has 0 saturated carbocycles. The number of halogens is 3. The molecule has 90 valence electrons. The fourth-order valence-electron chi connectivity index (χ4n) is 1.04. The lowest BCUT2D eigenvalue weighted by molar-refractivity contribution is 0.0953. The minimum atomic E-state index is -0.109. The van der Waals surface area contributed by atoms with Crippen molar-refractivity contribution in [3.8, 4) is 0 Å². The lowest BCUT2D eigenvalue weighted by Crippen LogP contribution is -2.25. The smallest absolute Gasteiger partial charge is 0.251 e. The van der Waals surface area contributed by atoms with Gasteiger partial charge in [0.05, 0.1) is 5.02 Å². The van der Waals surface area contributed by atoms with Gasteiger partial charge in [0.25, 0.3) is 5.91 Å². The summed E-state index contributed by atoms with van der Waals surface area (Å²) >= 11 is 8.03. The summed E-state index contributed by atoms with van der Waals surface area (Å²) in [6.45, 7) is 1.17. The van der Waals surface area contributed by atoms with Crippen molar-refractivity contribution < 1.29 is 4.79 Å². The summed E-state index contributed by atoms with van der Waals surface area (Å²) < 4.78 is 0.938. The van der Waals surface area contributed by atoms with Crippen molar-refractivity contribution in [3.05, 3.63) is 32.4 Å². The molecule has 0 unspecified atom stereocenters. The predicted octanol–water partition coefficient (Wildman–Crippen LogP) is 2.45. The van der Waals surface area contributed by atoms with E-state index in [-0.39, 0.29) is 18.3 Å². The highest BCUT2D eigenvalue weighted by Crippen LogP contribution is 2.19. The van der Waals surface area contributed by atoms with Crippen molar-refractivity contribution in [3.63, 3.8) is 0 Å². The molecule has 0 aliphatic carbocycles. The van der Waals surface area contributed by atoms with Gasteiger partial charge < -0.3 is 11.1 Å². The molecule has 0 spiro atoms. The van der Waals surface area contributed by atoms with Crippen LogP contribution in [0.5, 0.6) is 0 Å². The minimum absolute atomic E-state index is 0. The molecular formula is C10H13Cl2IN2O. The van der Waals surface area contributed by atoms with Crippen molar-refractivity contribution in [1.29, 1.82) is 0 Å². The van der Waals surface area contributed by atoms with Crippen LogP contribution < -0.4 is 11.1 Å². The molecule has 1 aromatic rings. The third kappa shape index (κ3) is 4.86. The average molecular weight is 375 g/mol. The molecule has 0 bridgehead atoms. The topological polar surface area (TPSA) is 55.1 Å². The van der Waals surface area contributed by atoms with Gasteiger partial charge >= 0.3 is 0 Å². The predicted molar refractivity (Wildman–Crippen MR) is 77.4 cm³/mol. The van der Waals surface area contributed by atoms with Gasteiger partial charge in [0, 0.05) is 15.7 Å². The first kappa shape index (κ1) is 16.0. The molecule has 1 rings (SSSR count). The average Bonchev–Trinajstić information content (AvgIpc) is 2.22. The number of carbonyl (C=O) groups excluding carboxylic acids is 1. The molecule has 1 amide bonds. The minimum Gasteiger partial charge on any atom is -0.352 e. The number of nitrogens with one attached hydrogen (secondary N) is 1. The van der Waals surface area contributed by atoms with Gasteiger partial charge in [-0.05, 0) is 53.8 Å². The summed E-state index contributed by atoms with van der Waals surface area (Å²) in [5.41, 5.74) is 5.90. The Morgan fingerprint density at radius 2 is 2.19 bits per heavy atom. The standard InChI is InChI=1S/C10H12ClIN2O.ClH/c11-8-6-7(2-3-9(8)12)10(15)14-5-1-4-13;/h2-3,6H,1,4-5,13H2,(H,14,15);1H. The molecule has 3 N–H and O–H groups in total. The van der Waals surface area contributed by atoms with Gasteiger partial charge in [0.15, 0.2) is 0 Å². The summed E-state index contributed by atoms with van der Waals surface area (Å²) in [6, 6.07) is 5.24. The number of amides is 1. The first-order valence-corrected chi connectivity index (χ1v) is 6.04. The van der Waals surface area contributed by atoms with Crippen molar-refractivity contribution in [2.45, 2.75) is 6.42 Å². The Balaban J connectivity index is 0.00000225. The quantitative estimate of drug-likeness (QED) is 0.628. The zero-order valence-electron chi connectivity index (χ0n) is 8.50. The number of rotatable bonds is 4. The molecule has 0 saturated heterocycles. The van der Waals surface area contributed by atoms with E-state index in [0.717, 1.165) is 9.99 Å². The highest BCUT2D eigenvalue weighted by molar-refractivity contribution is 14.1. The normalized spacial score (nSPS) is 9.44. The van der Waals surface area contributed by atoms with Crippen molar-refractivity contribution in [2.24, 2.45) is 5.73 Å². The van der Waals surface area contributed by atoms with Crippen molar-refractivity contribution >= 4 is 52.5 Å².